The molecular formula is C19H16ClFN2O4. The van der Waals surface area contributed by atoms with Gasteiger partial charge in [0.1, 0.15) is 5.82 Å². The van der Waals surface area contributed by atoms with Gasteiger partial charge in [0.25, 0.3) is 5.91 Å². The van der Waals surface area contributed by atoms with Crippen LogP contribution in [-0.4, -0.2) is 25.0 Å². The summed E-state index contributed by atoms with van der Waals surface area (Å²) in [5.74, 6) is -2.20. The Hall–Kier alpha value is -3.19. The van der Waals surface area contributed by atoms with E-state index < -0.39 is 29.8 Å². The van der Waals surface area contributed by atoms with Gasteiger partial charge in [-0.2, -0.15) is 0 Å². The van der Waals surface area contributed by atoms with Crippen LogP contribution in [0.2, 0.25) is 5.02 Å². The van der Waals surface area contributed by atoms with Crippen molar-refractivity contribution >= 4 is 35.6 Å². The van der Waals surface area contributed by atoms with E-state index in [0.29, 0.717) is 11.1 Å². The van der Waals surface area contributed by atoms with Gasteiger partial charge in [0.15, 0.2) is 0 Å². The Morgan fingerprint density at radius 1 is 1.15 bits per heavy atom. The minimum atomic E-state index is -1.32. The first-order valence-corrected chi connectivity index (χ1v) is 8.19. The van der Waals surface area contributed by atoms with Crippen molar-refractivity contribution in [2.45, 2.75) is 6.10 Å². The van der Waals surface area contributed by atoms with Crippen LogP contribution in [0.5, 0.6) is 0 Å². The second-order valence-electron chi connectivity index (χ2n) is 5.30. The van der Waals surface area contributed by atoms with Gasteiger partial charge < -0.3 is 10.1 Å². The molecule has 0 aliphatic heterocycles. The Bertz CT molecular complexity index is 871. The van der Waals surface area contributed by atoms with Gasteiger partial charge in [-0.1, -0.05) is 48.0 Å². The van der Waals surface area contributed by atoms with Crippen LogP contribution in [0.15, 0.2) is 54.6 Å². The summed E-state index contributed by atoms with van der Waals surface area (Å²) >= 11 is 5.68. The molecule has 140 valence electrons. The molecule has 0 unspecified atom stereocenters. The van der Waals surface area contributed by atoms with Gasteiger partial charge in [0.2, 0.25) is 6.10 Å². The molecule has 0 aromatic heterocycles. The highest BCUT2D eigenvalue weighted by molar-refractivity contribution is 6.30. The Morgan fingerprint density at radius 3 is 2.48 bits per heavy atom. The summed E-state index contributed by atoms with van der Waals surface area (Å²) in [4.78, 5) is 35.8. The number of esters is 1. The minimum Gasteiger partial charge on any atom is -0.444 e. The van der Waals surface area contributed by atoms with Gasteiger partial charge in [-0.15, -0.1) is 0 Å². The summed E-state index contributed by atoms with van der Waals surface area (Å²) in [5.41, 5.74) is 0.870. The first-order valence-electron chi connectivity index (χ1n) is 7.82. The van der Waals surface area contributed by atoms with E-state index in [1.54, 1.807) is 30.3 Å². The predicted molar refractivity (Wildman–Crippen MR) is 98.3 cm³/mol. The molecule has 27 heavy (non-hydrogen) atoms. The minimum absolute atomic E-state index is 0.0855. The number of hydrogen-bond acceptors (Lipinski definition) is 4. The number of urea groups is 1. The maximum Gasteiger partial charge on any atom is 0.331 e. The molecular weight excluding hydrogens is 375 g/mol. The average molecular weight is 391 g/mol. The molecule has 0 radical (unpaired) electrons. The molecule has 0 saturated heterocycles. The fourth-order valence-corrected chi connectivity index (χ4v) is 2.27. The fraction of sp³-hybridized carbons (Fsp3) is 0.105. The number of ether oxygens (including phenoxy) is 1. The zero-order valence-corrected chi connectivity index (χ0v) is 15.0. The van der Waals surface area contributed by atoms with Crippen LogP contribution in [-0.2, 0) is 14.3 Å². The Labute approximate surface area is 160 Å². The van der Waals surface area contributed by atoms with Gasteiger partial charge in [0, 0.05) is 18.7 Å². The van der Waals surface area contributed by atoms with Crippen molar-refractivity contribution in [1.29, 1.82) is 0 Å². The number of imide groups is 1. The zero-order chi connectivity index (χ0) is 19.8. The van der Waals surface area contributed by atoms with E-state index in [-0.39, 0.29) is 5.02 Å². The first kappa shape index (κ1) is 20.1. The highest BCUT2D eigenvalue weighted by Crippen LogP contribution is 2.19. The topological polar surface area (TPSA) is 84.5 Å². The molecule has 2 rings (SSSR count). The van der Waals surface area contributed by atoms with Crippen molar-refractivity contribution in [2.24, 2.45) is 0 Å². The summed E-state index contributed by atoms with van der Waals surface area (Å²) in [6.07, 6.45) is 1.12. The van der Waals surface area contributed by atoms with Crippen LogP contribution in [0.1, 0.15) is 17.2 Å². The highest BCUT2D eigenvalue weighted by atomic mass is 35.5. The number of nitrogens with one attached hydrogen (secondary N) is 2. The van der Waals surface area contributed by atoms with Gasteiger partial charge in [-0.05, 0) is 23.8 Å². The lowest BCUT2D eigenvalue weighted by Gasteiger charge is -2.16. The third-order valence-corrected chi connectivity index (χ3v) is 3.68. The molecule has 2 N–H and O–H groups in total. The molecule has 0 bridgehead atoms. The van der Waals surface area contributed by atoms with E-state index in [1.807, 2.05) is 0 Å². The fourth-order valence-electron chi connectivity index (χ4n) is 2.08. The van der Waals surface area contributed by atoms with E-state index >= 15 is 0 Å². The van der Waals surface area contributed by atoms with E-state index in [4.69, 9.17) is 16.3 Å². The van der Waals surface area contributed by atoms with Crippen LogP contribution in [0.3, 0.4) is 0 Å². The van der Waals surface area contributed by atoms with Crippen LogP contribution < -0.4 is 10.6 Å². The number of rotatable bonds is 5. The van der Waals surface area contributed by atoms with Gasteiger partial charge in [-0.3, -0.25) is 10.1 Å². The molecule has 0 saturated carbocycles. The molecule has 3 amide bonds. The standard InChI is InChI=1S/C19H16ClFN2O4/c1-22-19(26)23-18(25)17(13-5-3-2-4-6-13)27-16(24)10-8-12-7-9-15(21)14(20)11-12/h2-11,17H,1H3,(H2,22,23,25,26)/b10-8+/t17-/m0/s1. The summed E-state index contributed by atoms with van der Waals surface area (Å²) in [6.45, 7) is 0. The summed E-state index contributed by atoms with van der Waals surface area (Å²) in [5, 5.41) is 4.23. The SMILES string of the molecule is CNC(=O)NC(=O)[C@@H](OC(=O)/C=C/c1ccc(F)c(Cl)c1)c1ccccc1. The van der Waals surface area contributed by atoms with Gasteiger partial charge >= 0.3 is 12.0 Å². The summed E-state index contributed by atoms with van der Waals surface area (Å²) in [7, 11) is 1.35. The molecule has 1 atom stereocenters. The van der Waals surface area contributed by atoms with Crippen molar-refractivity contribution in [3.8, 4) is 0 Å². The number of halogens is 2. The van der Waals surface area contributed by atoms with Gasteiger partial charge in [-0.25, -0.2) is 14.0 Å². The molecule has 2 aromatic carbocycles. The van der Waals surface area contributed by atoms with Crippen LogP contribution in [0.4, 0.5) is 9.18 Å². The largest absolute Gasteiger partial charge is 0.444 e. The Kier molecular flexibility index (Phi) is 7.08. The normalized spacial score (nSPS) is 11.7. The molecule has 6 nitrogen and oxygen atoms in total. The van der Waals surface area contributed by atoms with Gasteiger partial charge in [0.05, 0.1) is 5.02 Å². The third-order valence-electron chi connectivity index (χ3n) is 3.39. The number of carbonyl (C=O) groups is 3. The number of carbonyl (C=O) groups excluding carboxylic acids is 3. The molecule has 0 heterocycles. The van der Waals surface area contributed by atoms with Crippen molar-refractivity contribution in [3.05, 3.63) is 76.6 Å². The molecule has 2 aromatic rings. The predicted octanol–water partition coefficient (Wildman–Crippen LogP) is 3.23. The second kappa shape index (κ2) is 9.49. The molecule has 8 heteroatoms. The van der Waals surface area contributed by atoms with E-state index in [0.717, 1.165) is 12.1 Å². The number of amides is 3. The number of benzene rings is 2. The maximum atomic E-state index is 13.2. The lowest BCUT2D eigenvalue weighted by Crippen LogP contribution is -2.41. The van der Waals surface area contributed by atoms with Crippen molar-refractivity contribution in [2.75, 3.05) is 7.05 Å². The van der Waals surface area contributed by atoms with Crippen molar-refractivity contribution < 1.29 is 23.5 Å². The molecule has 0 aliphatic carbocycles. The van der Waals surface area contributed by atoms with Crippen molar-refractivity contribution in [1.82, 2.24) is 10.6 Å². The van der Waals surface area contributed by atoms with Crippen LogP contribution in [0, 0.1) is 5.82 Å². The highest BCUT2D eigenvalue weighted by Gasteiger charge is 2.25. The smallest absolute Gasteiger partial charge is 0.331 e. The monoisotopic (exact) mass is 390 g/mol. The summed E-state index contributed by atoms with van der Waals surface area (Å²) < 4.78 is 18.3. The van der Waals surface area contributed by atoms with E-state index in [9.17, 15) is 18.8 Å². The lowest BCUT2D eigenvalue weighted by molar-refractivity contribution is -0.151. The Morgan fingerprint density at radius 2 is 1.85 bits per heavy atom. The van der Waals surface area contributed by atoms with Crippen molar-refractivity contribution in [3.63, 3.8) is 0 Å². The summed E-state index contributed by atoms with van der Waals surface area (Å²) in [6, 6.07) is 11.4. The quantitative estimate of drug-likeness (QED) is 0.606. The first-order chi connectivity index (χ1) is 12.9. The second-order valence-corrected chi connectivity index (χ2v) is 5.71. The van der Waals surface area contributed by atoms with E-state index in [2.05, 4.69) is 10.6 Å². The maximum absolute atomic E-state index is 13.2. The van der Waals surface area contributed by atoms with E-state index in [1.165, 1.54) is 25.3 Å². The Balaban J connectivity index is 2.15. The van der Waals surface area contributed by atoms with Crippen LogP contribution in [0.25, 0.3) is 6.08 Å². The average Bonchev–Trinajstić information content (AvgIpc) is 2.67. The molecule has 0 aliphatic rings. The third kappa shape index (κ3) is 5.93. The molecule has 0 spiro atoms. The number of hydrogen-bond donors (Lipinski definition) is 2. The zero-order valence-electron chi connectivity index (χ0n) is 14.2. The molecule has 0 fully saturated rings. The lowest BCUT2D eigenvalue weighted by atomic mass is 10.1. The van der Waals surface area contributed by atoms with Crippen LogP contribution >= 0.6 is 11.6 Å².